The van der Waals surface area contributed by atoms with Crippen LogP contribution in [0.25, 0.3) is 11.1 Å². The van der Waals surface area contributed by atoms with Crippen LogP contribution in [0.1, 0.15) is 49.7 Å². The summed E-state index contributed by atoms with van der Waals surface area (Å²) in [5.41, 5.74) is 4.60. The third-order valence-corrected chi connectivity index (χ3v) is 6.64. The number of ether oxygens (including phenoxy) is 1. The van der Waals surface area contributed by atoms with Gasteiger partial charge in [-0.2, -0.15) is 0 Å². The summed E-state index contributed by atoms with van der Waals surface area (Å²) < 4.78 is 5.56. The van der Waals surface area contributed by atoms with Crippen molar-refractivity contribution in [1.82, 2.24) is 10.2 Å². The predicted molar refractivity (Wildman–Crippen MR) is 124 cm³/mol. The molecule has 0 saturated carbocycles. The topological polar surface area (TPSA) is 95.9 Å². The molecule has 1 aliphatic carbocycles. The highest BCUT2D eigenvalue weighted by Crippen LogP contribution is 2.44. The summed E-state index contributed by atoms with van der Waals surface area (Å²) >= 11 is 0. The van der Waals surface area contributed by atoms with E-state index in [-0.39, 0.29) is 25.0 Å². The highest BCUT2D eigenvalue weighted by molar-refractivity contribution is 5.86. The number of nitrogens with one attached hydrogen (secondary N) is 1. The Bertz CT molecular complexity index is 991. The van der Waals surface area contributed by atoms with Crippen molar-refractivity contribution in [3.05, 3.63) is 59.7 Å². The van der Waals surface area contributed by atoms with Crippen molar-refractivity contribution >= 4 is 18.0 Å². The van der Waals surface area contributed by atoms with Crippen molar-refractivity contribution in [3.63, 3.8) is 0 Å². The van der Waals surface area contributed by atoms with Gasteiger partial charge in [-0.3, -0.25) is 4.79 Å². The van der Waals surface area contributed by atoms with Crippen LogP contribution < -0.4 is 5.32 Å². The lowest BCUT2D eigenvalue weighted by molar-refractivity contribution is -0.150. The lowest BCUT2D eigenvalue weighted by Gasteiger charge is -2.26. The minimum absolute atomic E-state index is 0.0304. The van der Waals surface area contributed by atoms with Gasteiger partial charge in [-0.1, -0.05) is 61.9 Å². The Kier molecular flexibility index (Phi) is 6.96. The molecule has 0 radical (unpaired) electrons. The summed E-state index contributed by atoms with van der Waals surface area (Å²) in [6, 6.07) is 15.5. The molecule has 1 aliphatic heterocycles. The smallest absolute Gasteiger partial charge is 0.407 e. The van der Waals surface area contributed by atoms with E-state index in [0.717, 1.165) is 28.7 Å². The summed E-state index contributed by atoms with van der Waals surface area (Å²) in [5.74, 6) is -1.67. The first-order chi connectivity index (χ1) is 16.0. The van der Waals surface area contributed by atoms with E-state index in [1.54, 1.807) is 0 Å². The molecule has 0 bridgehead atoms. The normalized spacial score (nSPS) is 17.8. The summed E-state index contributed by atoms with van der Waals surface area (Å²) in [4.78, 5) is 38.4. The number of fused-ring (bicyclic) bond motifs is 3. The van der Waals surface area contributed by atoms with Crippen LogP contribution in [0.3, 0.4) is 0 Å². The number of carboxylic acids is 1. The van der Waals surface area contributed by atoms with E-state index in [1.807, 2.05) is 31.2 Å². The molecule has 0 aromatic heterocycles. The van der Waals surface area contributed by atoms with Gasteiger partial charge in [-0.15, -0.1) is 0 Å². The second-order valence-corrected chi connectivity index (χ2v) is 8.72. The summed E-state index contributed by atoms with van der Waals surface area (Å²) in [7, 11) is 0. The molecule has 7 nitrogen and oxygen atoms in total. The zero-order valence-corrected chi connectivity index (χ0v) is 18.8. The highest BCUT2D eigenvalue weighted by atomic mass is 16.5. The molecule has 2 aliphatic rings. The molecule has 0 spiro atoms. The third kappa shape index (κ3) is 4.72. The Balaban J connectivity index is 1.36. The number of hydrogen-bond acceptors (Lipinski definition) is 4. The molecule has 33 heavy (non-hydrogen) atoms. The van der Waals surface area contributed by atoms with Crippen molar-refractivity contribution in [2.24, 2.45) is 5.92 Å². The van der Waals surface area contributed by atoms with Crippen molar-refractivity contribution in [3.8, 4) is 11.1 Å². The van der Waals surface area contributed by atoms with Gasteiger partial charge in [-0.05, 0) is 41.5 Å². The number of carbonyl (C=O) groups is 3. The van der Waals surface area contributed by atoms with E-state index >= 15 is 0 Å². The number of aliphatic carboxylic acids is 1. The fourth-order valence-corrected chi connectivity index (χ4v) is 5.04. The van der Waals surface area contributed by atoms with Gasteiger partial charge in [0.25, 0.3) is 0 Å². The van der Waals surface area contributed by atoms with Crippen molar-refractivity contribution in [2.75, 3.05) is 19.7 Å². The van der Waals surface area contributed by atoms with Crippen LogP contribution in [0.2, 0.25) is 0 Å². The van der Waals surface area contributed by atoms with E-state index in [9.17, 15) is 19.5 Å². The second kappa shape index (κ2) is 10.1. The highest BCUT2D eigenvalue weighted by Gasteiger charge is 2.37. The standard InChI is InChI=1S/C26H30N2O5/c1-2-8-17(24(29)28-14-7-13-23(28)25(30)31)15-27-26(32)33-16-22-20-11-5-3-9-18(20)19-10-4-6-12-21(19)22/h3-6,9-12,17,22-23H,2,7-8,13-16H2,1H3,(H,27,32)(H,30,31). The number of likely N-dealkylation sites (tertiary alicyclic amines) is 1. The number of carbonyl (C=O) groups excluding carboxylic acids is 2. The molecule has 2 N–H and O–H groups in total. The maximum Gasteiger partial charge on any atom is 0.407 e. The minimum atomic E-state index is -0.972. The number of benzene rings is 2. The van der Waals surface area contributed by atoms with Crippen LogP contribution >= 0.6 is 0 Å². The fraction of sp³-hybridized carbons (Fsp3) is 0.423. The van der Waals surface area contributed by atoms with Crippen LogP contribution in [0.4, 0.5) is 4.79 Å². The number of amides is 2. The van der Waals surface area contributed by atoms with E-state index < -0.39 is 24.0 Å². The Morgan fingerprint density at radius 2 is 1.73 bits per heavy atom. The Hall–Kier alpha value is -3.35. The Labute approximate surface area is 193 Å². The monoisotopic (exact) mass is 450 g/mol. The molecule has 1 saturated heterocycles. The van der Waals surface area contributed by atoms with Crippen molar-refractivity contribution in [1.29, 1.82) is 0 Å². The zero-order valence-electron chi connectivity index (χ0n) is 18.8. The summed E-state index contributed by atoms with van der Waals surface area (Å²) in [6.07, 6.45) is 1.92. The lowest BCUT2D eigenvalue weighted by atomic mass is 9.98. The maximum absolute atomic E-state index is 13.0. The minimum Gasteiger partial charge on any atom is -0.480 e. The molecule has 4 rings (SSSR count). The molecule has 174 valence electrons. The number of hydrogen-bond donors (Lipinski definition) is 2. The SMILES string of the molecule is CCCC(CNC(=O)OCC1c2ccccc2-c2ccccc21)C(=O)N1CCCC1C(=O)O. The fourth-order valence-electron chi connectivity index (χ4n) is 5.04. The van der Waals surface area contributed by atoms with Crippen LogP contribution in [0.15, 0.2) is 48.5 Å². The molecule has 2 unspecified atom stereocenters. The molecule has 1 fully saturated rings. The van der Waals surface area contributed by atoms with Crippen LogP contribution in [-0.2, 0) is 14.3 Å². The first kappa shape index (κ1) is 22.8. The zero-order chi connectivity index (χ0) is 23.4. The van der Waals surface area contributed by atoms with Crippen molar-refractivity contribution < 1.29 is 24.2 Å². The van der Waals surface area contributed by atoms with E-state index in [2.05, 4.69) is 29.6 Å². The molecule has 2 aromatic rings. The molecular formula is C26H30N2O5. The Morgan fingerprint density at radius 3 is 2.33 bits per heavy atom. The van der Waals surface area contributed by atoms with Gasteiger partial charge < -0.3 is 20.1 Å². The molecule has 2 amide bonds. The number of carboxylic acid groups (broad SMARTS) is 1. The lowest BCUT2D eigenvalue weighted by Crippen LogP contribution is -2.46. The first-order valence-corrected chi connectivity index (χ1v) is 11.6. The van der Waals surface area contributed by atoms with Gasteiger partial charge in [0.2, 0.25) is 5.91 Å². The van der Waals surface area contributed by atoms with E-state index in [0.29, 0.717) is 25.8 Å². The molecule has 2 aromatic carbocycles. The number of alkyl carbamates (subject to hydrolysis) is 1. The molecule has 1 heterocycles. The Morgan fingerprint density at radius 1 is 1.09 bits per heavy atom. The first-order valence-electron chi connectivity index (χ1n) is 11.6. The summed E-state index contributed by atoms with van der Waals surface area (Å²) in [6.45, 7) is 2.75. The average Bonchev–Trinajstić information content (AvgIpc) is 3.43. The largest absolute Gasteiger partial charge is 0.480 e. The predicted octanol–water partition coefficient (Wildman–Crippen LogP) is 4.02. The van der Waals surface area contributed by atoms with Gasteiger partial charge in [0.15, 0.2) is 0 Å². The van der Waals surface area contributed by atoms with Gasteiger partial charge in [0.05, 0.1) is 5.92 Å². The summed E-state index contributed by atoms with van der Waals surface area (Å²) in [5, 5.41) is 12.1. The average molecular weight is 451 g/mol. The van der Waals surface area contributed by atoms with Crippen LogP contribution in [-0.4, -0.2) is 53.7 Å². The van der Waals surface area contributed by atoms with Gasteiger partial charge in [-0.25, -0.2) is 9.59 Å². The third-order valence-electron chi connectivity index (χ3n) is 6.64. The van der Waals surface area contributed by atoms with E-state index in [1.165, 1.54) is 4.90 Å². The van der Waals surface area contributed by atoms with Gasteiger partial charge in [0, 0.05) is 19.0 Å². The van der Waals surface area contributed by atoms with E-state index in [4.69, 9.17) is 4.74 Å². The molecule has 2 atom stereocenters. The molecular weight excluding hydrogens is 420 g/mol. The van der Waals surface area contributed by atoms with Crippen LogP contribution in [0, 0.1) is 5.92 Å². The quantitative estimate of drug-likeness (QED) is 0.633. The number of nitrogens with zero attached hydrogens (tertiary/aromatic N) is 1. The van der Waals surface area contributed by atoms with Gasteiger partial charge in [0.1, 0.15) is 12.6 Å². The molecule has 7 heteroatoms. The van der Waals surface area contributed by atoms with Crippen LogP contribution in [0.5, 0.6) is 0 Å². The second-order valence-electron chi connectivity index (χ2n) is 8.72. The van der Waals surface area contributed by atoms with Gasteiger partial charge >= 0.3 is 12.1 Å². The number of rotatable bonds is 8. The van der Waals surface area contributed by atoms with Crippen molar-refractivity contribution in [2.45, 2.75) is 44.6 Å². The maximum atomic E-state index is 13.0.